The van der Waals surface area contributed by atoms with E-state index in [1.54, 1.807) is 0 Å². The van der Waals surface area contributed by atoms with E-state index < -0.39 is 11.4 Å². The van der Waals surface area contributed by atoms with Crippen molar-refractivity contribution in [2.75, 3.05) is 19.8 Å². The van der Waals surface area contributed by atoms with Crippen LogP contribution in [0.2, 0.25) is 0 Å². The number of rotatable bonds is 8. The van der Waals surface area contributed by atoms with Crippen molar-refractivity contribution in [1.29, 1.82) is 0 Å². The zero-order valence-corrected chi connectivity index (χ0v) is 15.2. The molecule has 0 spiro atoms. The summed E-state index contributed by atoms with van der Waals surface area (Å²) < 4.78 is 5.24. The highest BCUT2D eigenvalue weighted by atomic mass is 16.5. The zero-order chi connectivity index (χ0) is 18.3. The normalized spacial score (nSPS) is 16.6. The van der Waals surface area contributed by atoms with Gasteiger partial charge in [-0.05, 0) is 42.7 Å². The van der Waals surface area contributed by atoms with Crippen LogP contribution in [0.3, 0.4) is 0 Å². The van der Waals surface area contributed by atoms with E-state index in [-0.39, 0.29) is 12.5 Å². The molecule has 0 atom stereocenters. The van der Waals surface area contributed by atoms with Crippen LogP contribution in [-0.2, 0) is 27.2 Å². The van der Waals surface area contributed by atoms with Gasteiger partial charge in [-0.25, -0.2) is 0 Å². The Hall–Kier alpha value is -1.88. The lowest BCUT2D eigenvalue weighted by atomic mass is 9.80. The summed E-state index contributed by atoms with van der Waals surface area (Å²) in [5.74, 6) is -0.321. The first-order chi connectivity index (χ1) is 11.9. The van der Waals surface area contributed by atoms with E-state index in [2.05, 4.69) is 43.4 Å². The molecule has 1 aliphatic heterocycles. The summed E-state index contributed by atoms with van der Waals surface area (Å²) >= 11 is 0. The van der Waals surface area contributed by atoms with Crippen LogP contribution in [0.4, 0.5) is 0 Å². The van der Waals surface area contributed by atoms with Crippen LogP contribution in [0.5, 0.6) is 0 Å². The minimum atomic E-state index is -0.883. The number of carbonyl (C=O) groups is 2. The van der Waals surface area contributed by atoms with Crippen molar-refractivity contribution < 1.29 is 19.4 Å². The fourth-order valence-electron chi connectivity index (χ4n) is 3.16. The van der Waals surface area contributed by atoms with Crippen LogP contribution >= 0.6 is 0 Å². The largest absolute Gasteiger partial charge is 0.481 e. The van der Waals surface area contributed by atoms with Gasteiger partial charge in [0.05, 0.1) is 5.41 Å². The van der Waals surface area contributed by atoms with Gasteiger partial charge in [0.1, 0.15) is 0 Å². The van der Waals surface area contributed by atoms with E-state index in [4.69, 9.17) is 4.74 Å². The Morgan fingerprint density at radius 2 is 1.76 bits per heavy atom. The maximum atomic E-state index is 12.1. The third kappa shape index (κ3) is 5.85. The lowest BCUT2D eigenvalue weighted by molar-refractivity contribution is -0.154. The molecule has 0 radical (unpaired) electrons. The standard InChI is InChI=1S/C20H29NO4/c1-15(2)13-17-5-3-16(4-6-17)7-8-18(22)21-14-20(19(23)24)9-11-25-12-10-20/h3-6,15H,7-14H2,1-2H3,(H,21,22)(H,23,24). The number of hydrogen-bond acceptors (Lipinski definition) is 3. The second-order valence-electron chi connectivity index (χ2n) is 7.39. The van der Waals surface area contributed by atoms with Crippen LogP contribution in [0, 0.1) is 11.3 Å². The molecule has 5 nitrogen and oxygen atoms in total. The Labute approximate surface area is 149 Å². The third-order valence-corrected chi connectivity index (χ3v) is 4.84. The number of amides is 1. The van der Waals surface area contributed by atoms with Crippen molar-refractivity contribution in [3.8, 4) is 0 Å². The molecular formula is C20H29NO4. The minimum Gasteiger partial charge on any atom is -0.481 e. The Bertz CT molecular complexity index is 574. The molecule has 138 valence electrons. The van der Waals surface area contributed by atoms with E-state index in [0.29, 0.717) is 44.8 Å². The molecule has 1 aromatic carbocycles. The zero-order valence-electron chi connectivity index (χ0n) is 15.2. The molecule has 1 aliphatic rings. The summed E-state index contributed by atoms with van der Waals surface area (Å²) in [6.45, 7) is 5.44. The van der Waals surface area contributed by atoms with E-state index in [9.17, 15) is 14.7 Å². The molecule has 1 fully saturated rings. The third-order valence-electron chi connectivity index (χ3n) is 4.84. The lowest BCUT2D eigenvalue weighted by Gasteiger charge is -2.33. The Kier molecular flexibility index (Phi) is 7.00. The smallest absolute Gasteiger partial charge is 0.311 e. The van der Waals surface area contributed by atoms with Gasteiger partial charge in [-0.3, -0.25) is 9.59 Å². The van der Waals surface area contributed by atoms with Gasteiger partial charge in [-0.2, -0.15) is 0 Å². The molecule has 0 bridgehead atoms. The van der Waals surface area contributed by atoms with Crippen molar-refractivity contribution in [3.63, 3.8) is 0 Å². The maximum Gasteiger partial charge on any atom is 0.311 e. The maximum absolute atomic E-state index is 12.1. The van der Waals surface area contributed by atoms with Crippen molar-refractivity contribution in [2.45, 2.75) is 46.0 Å². The van der Waals surface area contributed by atoms with Gasteiger partial charge >= 0.3 is 5.97 Å². The molecule has 2 rings (SSSR count). The van der Waals surface area contributed by atoms with E-state index >= 15 is 0 Å². The predicted molar refractivity (Wildman–Crippen MR) is 96.4 cm³/mol. The van der Waals surface area contributed by atoms with Gasteiger partial charge in [0.25, 0.3) is 0 Å². The van der Waals surface area contributed by atoms with Gasteiger partial charge in [0.2, 0.25) is 5.91 Å². The second-order valence-corrected chi connectivity index (χ2v) is 7.39. The number of ether oxygens (including phenoxy) is 1. The van der Waals surface area contributed by atoms with Gasteiger partial charge in [-0.15, -0.1) is 0 Å². The van der Waals surface area contributed by atoms with Crippen molar-refractivity contribution in [1.82, 2.24) is 5.32 Å². The van der Waals surface area contributed by atoms with Crippen LogP contribution in [-0.4, -0.2) is 36.7 Å². The summed E-state index contributed by atoms with van der Waals surface area (Å²) in [5.41, 5.74) is 1.56. The molecular weight excluding hydrogens is 318 g/mol. The lowest BCUT2D eigenvalue weighted by Crippen LogP contribution is -2.46. The van der Waals surface area contributed by atoms with Gasteiger partial charge in [-0.1, -0.05) is 38.1 Å². The highest BCUT2D eigenvalue weighted by molar-refractivity contribution is 5.79. The molecule has 0 unspecified atom stereocenters. The Balaban J connectivity index is 1.79. The number of nitrogens with one attached hydrogen (secondary N) is 1. The average molecular weight is 347 g/mol. The predicted octanol–water partition coefficient (Wildman–Crippen LogP) is 2.82. The summed E-state index contributed by atoms with van der Waals surface area (Å²) in [4.78, 5) is 23.7. The summed E-state index contributed by atoms with van der Waals surface area (Å²) in [6, 6.07) is 8.38. The number of carbonyl (C=O) groups excluding carboxylic acids is 1. The highest BCUT2D eigenvalue weighted by Gasteiger charge is 2.40. The van der Waals surface area contributed by atoms with Gasteiger partial charge in [0.15, 0.2) is 0 Å². The first-order valence-corrected chi connectivity index (χ1v) is 9.07. The number of carboxylic acids is 1. The van der Waals surface area contributed by atoms with Crippen LogP contribution in [0.25, 0.3) is 0 Å². The number of hydrogen-bond donors (Lipinski definition) is 2. The SMILES string of the molecule is CC(C)Cc1ccc(CCC(=O)NCC2(C(=O)O)CCOCC2)cc1. The average Bonchev–Trinajstić information content (AvgIpc) is 2.59. The van der Waals surface area contributed by atoms with Gasteiger partial charge in [0, 0.05) is 26.2 Å². The second kappa shape index (κ2) is 8.99. The van der Waals surface area contributed by atoms with Crippen molar-refractivity contribution in [2.24, 2.45) is 11.3 Å². The summed E-state index contributed by atoms with van der Waals surface area (Å²) in [7, 11) is 0. The molecule has 0 aliphatic carbocycles. The molecule has 25 heavy (non-hydrogen) atoms. The molecule has 1 amide bonds. The highest BCUT2D eigenvalue weighted by Crippen LogP contribution is 2.30. The summed E-state index contributed by atoms with van der Waals surface area (Å²) in [5, 5.41) is 12.3. The fraction of sp³-hybridized carbons (Fsp3) is 0.600. The minimum absolute atomic E-state index is 0.0987. The van der Waals surface area contributed by atoms with Crippen molar-refractivity contribution in [3.05, 3.63) is 35.4 Å². The molecule has 0 aromatic heterocycles. The van der Waals surface area contributed by atoms with Crippen molar-refractivity contribution >= 4 is 11.9 Å². The fourth-order valence-corrected chi connectivity index (χ4v) is 3.16. The Morgan fingerprint density at radius 1 is 1.16 bits per heavy atom. The Morgan fingerprint density at radius 3 is 2.32 bits per heavy atom. The van der Waals surface area contributed by atoms with E-state index in [0.717, 1.165) is 12.0 Å². The first kappa shape index (κ1) is 19.4. The molecule has 1 saturated heterocycles. The van der Waals surface area contributed by atoms with E-state index in [1.165, 1.54) is 5.56 Å². The molecule has 0 saturated carbocycles. The number of aliphatic carboxylic acids is 1. The number of benzene rings is 1. The number of aryl methyl sites for hydroxylation is 1. The monoisotopic (exact) mass is 347 g/mol. The molecule has 1 heterocycles. The molecule has 5 heteroatoms. The molecule has 1 aromatic rings. The van der Waals surface area contributed by atoms with E-state index in [1.807, 2.05) is 0 Å². The first-order valence-electron chi connectivity index (χ1n) is 9.07. The van der Waals surface area contributed by atoms with Crippen LogP contribution in [0.1, 0.15) is 44.2 Å². The van der Waals surface area contributed by atoms with Crippen LogP contribution in [0.15, 0.2) is 24.3 Å². The summed E-state index contributed by atoms with van der Waals surface area (Å²) in [6.07, 6.45) is 2.98. The molecule has 2 N–H and O–H groups in total. The quantitative estimate of drug-likeness (QED) is 0.758. The number of carboxylic acid groups (broad SMARTS) is 1. The topological polar surface area (TPSA) is 75.6 Å². The van der Waals surface area contributed by atoms with Gasteiger partial charge < -0.3 is 15.2 Å². The van der Waals surface area contributed by atoms with Crippen LogP contribution < -0.4 is 5.32 Å².